The highest BCUT2D eigenvalue weighted by molar-refractivity contribution is 5.73. The molecular formula is C23H45NO. The van der Waals surface area contributed by atoms with Gasteiger partial charge in [0.2, 0.25) is 5.91 Å². The van der Waals surface area contributed by atoms with Crippen molar-refractivity contribution in [2.75, 3.05) is 13.1 Å². The van der Waals surface area contributed by atoms with Crippen molar-refractivity contribution in [1.82, 2.24) is 4.90 Å². The van der Waals surface area contributed by atoms with E-state index in [1.54, 1.807) is 6.92 Å². The van der Waals surface area contributed by atoms with Crippen LogP contribution in [0.4, 0.5) is 0 Å². The van der Waals surface area contributed by atoms with Crippen molar-refractivity contribution in [3.05, 3.63) is 0 Å². The van der Waals surface area contributed by atoms with Gasteiger partial charge in [-0.2, -0.15) is 0 Å². The average Bonchev–Trinajstić information content (AvgIpc) is 2.45. The standard InChI is InChI=1S/C12H23NO.C11H22/c1-9-6-11(12(3,4)5)8-13(7-9)10(2)14;1-9-6-5-7-10(8-9)11(2,3)4/h9,11H,6-8H2,1-5H3;9-10H,5-8H2,1-4H3. The minimum absolute atomic E-state index is 0.228. The van der Waals surface area contributed by atoms with Crippen molar-refractivity contribution in [2.24, 2.45) is 34.5 Å². The first-order chi connectivity index (χ1) is 11.3. The molecule has 4 atom stereocenters. The second kappa shape index (κ2) is 8.91. The Balaban J connectivity index is 0.000000257. The van der Waals surface area contributed by atoms with Gasteiger partial charge < -0.3 is 4.90 Å². The number of carbonyl (C=O) groups is 1. The predicted molar refractivity (Wildman–Crippen MR) is 110 cm³/mol. The number of rotatable bonds is 0. The maximum Gasteiger partial charge on any atom is 0.219 e. The van der Waals surface area contributed by atoms with Crippen LogP contribution in [0.25, 0.3) is 0 Å². The van der Waals surface area contributed by atoms with Gasteiger partial charge in [0.25, 0.3) is 0 Å². The zero-order valence-corrected chi connectivity index (χ0v) is 18.6. The Hall–Kier alpha value is -0.530. The van der Waals surface area contributed by atoms with E-state index in [1.807, 2.05) is 4.90 Å². The predicted octanol–water partition coefficient (Wildman–Crippen LogP) is 6.40. The second-order valence-electron chi connectivity index (χ2n) is 11.2. The molecule has 0 bridgehead atoms. The van der Waals surface area contributed by atoms with Crippen LogP contribution in [0.2, 0.25) is 0 Å². The largest absolute Gasteiger partial charge is 0.342 e. The number of hydrogen-bond acceptors (Lipinski definition) is 1. The fraction of sp³-hybridized carbons (Fsp3) is 0.957. The van der Waals surface area contributed by atoms with E-state index in [1.165, 1.54) is 32.1 Å². The average molecular weight is 352 g/mol. The quantitative estimate of drug-likeness (QED) is 0.495. The Morgan fingerprint density at radius 3 is 1.72 bits per heavy atom. The highest BCUT2D eigenvalue weighted by Gasteiger charge is 2.33. The zero-order valence-electron chi connectivity index (χ0n) is 18.6. The van der Waals surface area contributed by atoms with Crippen LogP contribution < -0.4 is 0 Å². The van der Waals surface area contributed by atoms with Gasteiger partial charge in [0.05, 0.1) is 0 Å². The van der Waals surface area contributed by atoms with E-state index in [2.05, 4.69) is 55.4 Å². The summed E-state index contributed by atoms with van der Waals surface area (Å²) >= 11 is 0. The van der Waals surface area contributed by atoms with Crippen molar-refractivity contribution in [1.29, 1.82) is 0 Å². The number of nitrogens with zero attached hydrogens (tertiary/aromatic N) is 1. The number of amides is 1. The summed E-state index contributed by atoms with van der Waals surface area (Å²) in [6.07, 6.45) is 7.11. The summed E-state index contributed by atoms with van der Waals surface area (Å²) in [5.41, 5.74) is 0.872. The first-order valence-electron chi connectivity index (χ1n) is 10.6. The van der Waals surface area contributed by atoms with E-state index >= 15 is 0 Å². The third kappa shape index (κ3) is 7.71. The molecule has 1 saturated carbocycles. The molecule has 4 unspecified atom stereocenters. The Morgan fingerprint density at radius 2 is 1.32 bits per heavy atom. The monoisotopic (exact) mass is 351 g/mol. The molecule has 1 heterocycles. The molecular weight excluding hydrogens is 306 g/mol. The van der Waals surface area contributed by atoms with Crippen molar-refractivity contribution in [3.63, 3.8) is 0 Å². The normalized spacial score (nSPS) is 31.2. The molecule has 25 heavy (non-hydrogen) atoms. The minimum Gasteiger partial charge on any atom is -0.342 e. The third-order valence-corrected chi connectivity index (χ3v) is 6.49. The Kier molecular flexibility index (Phi) is 8.02. The molecule has 0 radical (unpaired) electrons. The SMILES string of the molecule is CC(=O)N1CC(C)CC(C(C)(C)C)C1.CC1CCCC(C(C)(C)C)C1. The summed E-state index contributed by atoms with van der Waals surface area (Å²) < 4.78 is 0. The van der Waals surface area contributed by atoms with Crippen LogP contribution in [-0.4, -0.2) is 23.9 Å². The molecule has 0 aromatic carbocycles. The molecule has 2 fully saturated rings. The molecule has 2 heteroatoms. The van der Waals surface area contributed by atoms with Gasteiger partial charge in [-0.3, -0.25) is 4.79 Å². The molecule has 2 rings (SSSR count). The maximum absolute atomic E-state index is 11.3. The summed E-state index contributed by atoms with van der Waals surface area (Å²) in [4.78, 5) is 13.3. The summed E-state index contributed by atoms with van der Waals surface area (Å²) in [7, 11) is 0. The van der Waals surface area contributed by atoms with Crippen LogP contribution in [0, 0.1) is 34.5 Å². The molecule has 1 aliphatic heterocycles. The lowest BCUT2D eigenvalue weighted by Gasteiger charge is -2.42. The van der Waals surface area contributed by atoms with E-state index in [4.69, 9.17) is 0 Å². The summed E-state index contributed by atoms with van der Waals surface area (Å²) in [5, 5.41) is 0. The zero-order chi connectivity index (χ0) is 19.4. The van der Waals surface area contributed by atoms with E-state index in [-0.39, 0.29) is 5.91 Å². The fourth-order valence-corrected chi connectivity index (χ4v) is 4.46. The molecule has 1 aliphatic carbocycles. The van der Waals surface area contributed by atoms with Crippen molar-refractivity contribution in [3.8, 4) is 0 Å². The van der Waals surface area contributed by atoms with Crippen LogP contribution >= 0.6 is 0 Å². The van der Waals surface area contributed by atoms with Gasteiger partial charge in [0.1, 0.15) is 0 Å². The van der Waals surface area contributed by atoms with Crippen molar-refractivity contribution >= 4 is 5.91 Å². The van der Waals surface area contributed by atoms with Crippen molar-refractivity contribution < 1.29 is 4.79 Å². The van der Waals surface area contributed by atoms with Crippen LogP contribution in [0.1, 0.15) is 94.4 Å². The maximum atomic E-state index is 11.3. The Bertz CT molecular complexity index is 415. The number of likely N-dealkylation sites (tertiary alicyclic amines) is 1. The van der Waals surface area contributed by atoms with Crippen molar-refractivity contribution in [2.45, 2.75) is 94.4 Å². The third-order valence-electron chi connectivity index (χ3n) is 6.49. The van der Waals surface area contributed by atoms with Crippen LogP contribution in [0.15, 0.2) is 0 Å². The minimum atomic E-state index is 0.228. The molecule has 148 valence electrons. The summed E-state index contributed by atoms with van der Waals surface area (Å²) in [6, 6.07) is 0. The van der Waals surface area contributed by atoms with E-state index < -0.39 is 0 Å². The number of hydrogen-bond donors (Lipinski definition) is 0. The van der Waals surface area contributed by atoms with E-state index in [9.17, 15) is 4.79 Å². The summed E-state index contributed by atoms with van der Waals surface area (Å²) in [5.74, 6) is 3.48. The topological polar surface area (TPSA) is 20.3 Å². The van der Waals surface area contributed by atoms with Crippen LogP contribution in [-0.2, 0) is 4.79 Å². The van der Waals surface area contributed by atoms with Gasteiger partial charge in [-0.25, -0.2) is 0 Å². The lowest BCUT2D eigenvalue weighted by Crippen LogP contribution is -2.45. The molecule has 2 aliphatic rings. The molecule has 0 N–H and O–H groups in total. The Labute approximate surface area is 158 Å². The number of piperidine rings is 1. The second-order valence-corrected chi connectivity index (χ2v) is 11.2. The van der Waals surface area contributed by atoms with Gasteiger partial charge in [-0.05, 0) is 53.8 Å². The molecule has 0 spiro atoms. The molecule has 0 aromatic heterocycles. The lowest BCUT2D eigenvalue weighted by atomic mass is 9.69. The first kappa shape index (κ1) is 22.5. The highest BCUT2D eigenvalue weighted by atomic mass is 16.2. The smallest absolute Gasteiger partial charge is 0.219 e. The number of carbonyl (C=O) groups excluding carboxylic acids is 1. The van der Waals surface area contributed by atoms with Crippen LogP contribution in [0.5, 0.6) is 0 Å². The lowest BCUT2D eigenvalue weighted by molar-refractivity contribution is -0.132. The van der Waals surface area contributed by atoms with Crippen LogP contribution in [0.3, 0.4) is 0 Å². The molecule has 1 amide bonds. The first-order valence-corrected chi connectivity index (χ1v) is 10.6. The van der Waals surface area contributed by atoms with E-state index in [0.717, 1.165) is 24.9 Å². The molecule has 1 saturated heterocycles. The molecule has 2 nitrogen and oxygen atoms in total. The highest BCUT2D eigenvalue weighted by Crippen LogP contribution is 2.39. The van der Waals surface area contributed by atoms with Gasteiger partial charge in [-0.15, -0.1) is 0 Å². The summed E-state index contributed by atoms with van der Waals surface area (Å²) in [6.45, 7) is 22.2. The van der Waals surface area contributed by atoms with Gasteiger partial charge in [-0.1, -0.05) is 68.2 Å². The van der Waals surface area contributed by atoms with Gasteiger partial charge in [0.15, 0.2) is 0 Å². The van der Waals surface area contributed by atoms with Gasteiger partial charge >= 0.3 is 0 Å². The fourth-order valence-electron chi connectivity index (χ4n) is 4.46. The molecule has 0 aromatic rings. The van der Waals surface area contributed by atoms with Gasteiger partial charge in [0, 0.05) is 20.0 Å². The Morgan fingerprint density at radius 1 is 0.800 bits per heavy atom. The van der Waals surface area contributed by atoms with E-state index in [0.29, 0.717) is 22.7 Å².